The Kier molecular flexibility index (Phi) is 5.15. The zero-order valence-electron chi connectivity index (χ0n) is 7.52. The summed E-state index contributed by atoms with van der Waals surface area (Å²) in [5.41, 5.74) is 0. The number of alkyl halides is 1. The van der Waals surface area contributed by atoms with E-state index in [1.807, 2.05) is 0 Å². The molecule has 0 aromatic carbocycles. The minimum Gasteiger partial charge on any atom is -0.123 e. The molecule has 0 aromatic rings. The van der Waals surface area contributed by atoms with Gasteiger partial charge in [0.1, 0.15) is 0 Å². The van der Waals surface area contributed by atoms with E-state index in [1.165, 1.54) is 12.8 Å². The van der Waals surface area contributed by atoms with E-state index in [2.05, 4.69) is 27.7 Å². The van der Waals surface area contributed by atoms with Crippen LogP contribution in [0.5, 0.6) is 0 Å². The molecule has 0 saturated carbocycles. The predicted molar refractivity (Wildman–Crippen MR) is 48.6 cm³/mol. The van der Waals surface area contributed by atoms with Gasteiger partial charge in [-0.25, -0.2) is 0 Å². The van der Waals surface area contributed by atoms with Gasteiger partial charge in [0, 0.05) is 5.38 Å². The van der Waals surface area contributed by atoms with E-state index >= 15 is 0 Å². The van der Waals surface area contributed by atoms with Gasteiger partial charge in [0.2, 0.25) is 0 Å². The summed E-state index contributed by atoms with van der Waals surface area (Å²) in [6, 6.07) is 0. The van der Waals surface area contributed by atoms with Gasteiger partial charge < -0.3 is 0 Å². The quantitative estimate of drug-likeness (QED) is 0.554. The largest absolute Gasteiger partial charge is 0.123 e. The summed E-state index contributed by atoms with van der Waals surface area (Å²) in [6.07, 6.45) is 2.57. The third-order valence-corrected chi connectivity index (χ3v) is 2.41. The number of hydrogen-bond donors (Lipinski definition) is 0. The Labute approximate surface area is 70.0 Å². The molecule has 62 valence electrons. The molecule has 0 nitrogen and oxygen atoms in total. The van der Waals surface area contributed by atoms with E-state index in [9.17, 15) is 0 Å². The first kappa shape index (κ1) is 10.3. The lowest BCUT2D eigenvalue weighted by atomic mass is 9.97. The zero-order chi connectivity index (χ0) is 8.15. The first-order valence-electron chi connectivity index (χ1n) is 4.18. The topological polar surface area (TPSA) is 0 Å². The molecule has 1 heteroatoms. The second kappa shape index (κ2) is 5.01. The summed E-state index contributed by atoms with van der Waals surface area (Å²) in [5.74, 6) is 1.49. The Bertz CT molecular complexity index is 76.8. The SMILES string of the molecule is CC(C)CCC(C)C(C)Cl. The van der Waals surface area contributed by atoms with Gasteiger partial charge in [0.05, 0.1) is 0 Å². The van der Waals surface area contributed by atoms with Gasteiger partial charge in [0.15, 0.2) is 0 Å². The molecule has 0 heterocycles. The first-order valence-corrected chi connectivity index (χ1v) is 4.61. The van der Waals surface area contributed by atoms with E-state index in [0.29, 0.717) is 11.3 Å². The molecule has 0 aliphatic rings. The fraction of sp³-hybridized carbons (Fsp3) is 1.00. The maximum absolute atomic E-state index is 5.91. The molecular weight excluding hydrogens is 144 g/mol. The van der Waals surface area contributed by atoms with Crippen LogP contribution in [-0.2, 0) is 0 Å². The number of hydrogen-bond acceptors (Lipinski definition) is 0. The lowest BCUT2D eigenvalue weighted by molar-refractivity contribution is 0.445. The van der Waals surface area contributed by atoms with Crippen molar-refractivity contribution in [3.63, 3.8) is 0 Å². The van der Waals surface area contributed by atoms with Crippen molar-refractivity contribution in [1.82, 2.24) is 0 Å². The minimum atomic E-state index is 0.332. The van der Waals surface area contributed by atoms with Crippen LogP contribution in [0.3, 0.4) is 0 Å². The lowest BCUT2D eigenvalue weighted by Gasteiger charge is -2.14. The summed E-state index contributed by atoms with van der Waals surface area (Å²) in [5, 5.41) is 0.332. The maximum atomic E-state index is 5.91. The normalized spacial score (nSPS) is 17.4. The van der Waals surface area contributed by atoms with E-state index in [-0.39, 0.29) is 0 Å². The van der Waals surface area contributed by atoms with Gasteiger partial charge in [-0.2, -0.15) is 0 Å². The Morgan fingerprint density at radius 1 is 1.00 bits per heavy atom. The van der Waals surface area contributed by atoms with Gasteiger partial charge in [-0.05, 0) is 25.2 Å². The van der Waals surface area contributed by atoms with E-state index < -0.39 is 0 Å². The molecule has 0 fully saturated rings. The van der Waals surface area contributed by atoms with E-state index in [0.717, 1.165) is 5.92 Å². The van der Waals surface area contributed by atoms with Crippen molar-refractivity contribution in [1.29, 1.82) is 0 Å². The third-order valence-electron chi connectivity index (χ3n) is 1.98. The minimum absolute atomic E-state index is 0.332. The average Bonchev–Trinajstić information content (AvgIpc) is 1.82. The maximum Gasteiger partial charge on any atom is 0.0333 e. The Hall–Kier alpha value is 0.290. The van der Waals surface area contributed by atoms with E-state index in [1.54, 1.807) is 0 Å². The number of halogens is 1. The molecule has 0 bridgehead atoms. The highest BCUT2D eigenvalue weighted by atomic mass is 35.5. The van der Waals surface area contributed by atoms with Crippen LogP contribution >= 0.6 is 11.6 Å². The van der Waals surface area contributed by atoms with Crippen molar-refractivity contribution < 1.29 is 0 Å². The molecule has 0 aliphatic carbocycles. The Morgan fingerprint density at radius 2 is 1.50 bits per heavy atom. The highest BCUT2D eigenvalue weighted by Gasteiger charge is 2.08. The van der Waals surface area contributed by atoms with E-state index in [4.69, 9.17) is 11.6 Å². The van der Waals surface area contributed by atoms with Crippen LogP contribution in [-0.4, -0.2) is 5.38 Å². The monoisotopic (exact) mass is 162 g/mol. The predicted octanol–water partition coefficient (Wildman–Crippen LogP) is 3.69. The summed E-state index contributed by atoms with van der Waals surface area (Å²) >= 11 is 5.91. The molecule has 0 aliphatic heterocycles. The first-order chi connectivity index (χ1) is 4.54. The van der Waals surface area contributed by atoms with Crippen molar-refractivity contribution in [2.75, 3.05) is 0 Å². The summed E-state index contributed by atoms with van der Waals surface area (Å²) in [7, 11) is 0. The van der Waals surface area contributed by atoms with Crippen molar-refractivity contribution >= 4 is 11.6 Å². The molecule has 2 atom stereocenters. The van der Waals surface area contributed by atoms with Crippen LogP contribution < -0.4 is 0 Å². The van der Waals surface area contributed by atoms with Crippen molar-refractivity contribution in [3.05, 3.63) is 0 Å². The standard InChI is InChI=1S/C9H19Cl/c1-7(2)5-6-8(3)9(4)10/h7-9H,5-6H2,1-4H3. The molecule has 0 rings (SSSR count). The molecule has 0 saturated heterocycles. The molecule has 0 spiro atoms. The second-order valence-electron chi connectivity index (χ2n) is 3.63. The van der Waals surface area contributed by atoms with Gasteiger partial charge in [-0.3, -0.25) is 0 Å². The molecule has 10 heavy (non-hydrogen) atoms. The lowest BCUT2D eigenvalue weighted by Crippen LogP contribution is -2.07. The molecule has 0 radical (unpaired) electrons. The highest BCUT2D eigenvalue weighted by Crippen LogP contribution is 2.18. The highest BCUT2D eigenvalue weighted by molar-refractivity contribution is 6.20. The molecule has 0 aromatic heterocycles. The van der Waals surface area contributed by atoms with Crippen LogP contribution in [0.2, 0.25) is 0 Å². The van der Waals surface area contributed by atoms with Crippen LogP contribution in [0.25, 0.3) is 0 Å². The molecule has 0 N–H and O–H groups in total. The average molecular weight is 163 g/mol. The van der Waals surface area contributed by atoms with Crippen molar-refractivity contribution in [2.45, 2.75) is 45.9 Å². The fourth-order valence-electron chi connectivity index (χ4n) is 0.826. The molecule has 0 amide bonds. The van der Waals surface area contributed by atoms with Crippen LogP contribution in [0, 0.1) is 11.8 Å². The summed E-state index contributed by atoms with van der Waals surface area (Å²) in [4.78, 5) is 0. The third kappa shape index (κ3) is 5.10. The van der Waals surface area contributed by atoms with Crippen molar-refractivity contribution in [2.24, 2.45) is 11.8 Å². The van der Waals surface area contributed by atoms with Crippen LogP contribution in [0.4, 0.5) is 0 Å². The van der Waals surface area contributed by atoms with Crippen LogP contribution in [0.1, 0.15) is 40.5 Å². The summed E-state index contributed by atoms with van der Waals surface area (Å²) in [6.45, 7) is 8.81. The fourth-order valence-corrected chi connectivity index (χ4v) is 0.952. The van der Waals surface area contributed by atoms with Gasteiger partial charge >= 0.3 is 0 Å². The van der Waals surface area contributed by atoms with Crippen LogP contribution in [0.15, 0.2) is 0 Å². The zero-order valence-corrected chi connectivity index (χ0v) is 8.28. The van der Waals surface area contributed by atoms with Gasteiger partial charge in [-0.1, -0.05) is 27.2 Å². The van der Waals surface area contributed by atoms with Gasteiger partial charge in [0.25, 0.3) is 0 Å². The smallest absolute Gasteiger partial charge is 0.0333 e. The Balaban J connectivity index is 3.30. The second-order valence-corrected chi connectivity index (χ2v) is 4.31. The molecular formula is C9H19Cl. The number of rotatable bonds is 4. The summed E-state index contributed by atoms with van der Waals surface area (Å²) < 4.78 is 0. The van der Waals surface area contributed by atoms with Gasteiger partial charge in [-0.15, -0.1) is 11.6 Å². The van der Waals surface area contributed by atoms with Crippen molar-refractivity contribution in [3.8, 4) is 0 Å². The Morgan fingerprint density at radius 3 is 1.80 bits per heavy atom. The molecule has 2 unspecified atom stereocenters.